The Hall–Kier alpha value is -1.75. The second-order valence-corrected chi connectivity index (χ2v) is 3.72. The van der Waals surface area contributed by atoms with E-state index in [1.165, 1.54) is 0 Å². The number of carboxylic acid groups (broad SMARTS) is 1. The summed E-state index contributed by atoms with van der Waals surface area (Å²) in [5, 5.41) is 10.4. The van der Waals surface area contributed by atoms with Crippen LogP contribution in [0.5, 0.6) is 11.5 Å². The Morgan fingerprint density at radius 1 is 1.41 bits per heavy atom. The number of carbonyl (C=O) groups is 1. The maximum atomic E-state index is 10.4. The van der Waals surface area contributed by atoms with Crippen molar-refractivity contribution in [2.45, 2.75) is 18.9 Å². The van der Waals surface area contributed by atoms with Gasteiger partial charge < -0.3 is 25.1 Å². The molecule has 0 aliphatic carbocycles. The van der Waals surface area contributed by atoms with Gasteiger partial charge in [0.05, 0.1) is 19.8 Å². The minimum Gasteiger partial charge on any atom is -0.550 e. The van der Waals surface area contributed by atoms with Gasteiger partial charge in [0.25, 0.3) is 0 Å². The van der Waals surface area contributed by atoms with E-state index in [-0.39, 0.29) is 12.5 Å². The highest BCUT2D eigenvalue weighted by atomic mass is 16.5. The molecular weight excluding hydrogens is 222 g/mol. The van der Waals surface area contributed by atoms with Crippen LogP contribution in [-0.2, 0) is 4.79 Å². The molecule has 0 spiro atoms. The third-order valence-corrected chi connectivity index (χ3v) is 2.57. The zero-order chi connectivity index (χ0) is 12.8. The molecule has 0 fully saturated rings. The lowest BCUT2D eigenvalue weighted by molar-refractivity contribution is -0.429. The van der Waals surface area contributed by atoms with Crippen LogP contribution >= 0.6 is 0 Å². The number of methoxy groups -OCH3 is 2. The van der Waals surface area contributed by atoms with Crippen LogP contribution in [0.2, 0.25) is 0 Å². The summed E-state index contributed by atoms with van der Waals surface area (Å²) in [5.41, 5.74) is 4.78. The molecule has 1 rings (SSSR count). The van der Waals surface area contributed by atoms with Crippen LogP contribution in [0.15, 0.2) is 18.2 Å². The number of ether oxygens (including phenoxy) is 2. The van der Waals surface area contributed by atoms with Crippen LogP contribution in [0, 0.1) is 0 Å². The van der Waals surface area contributed by atoms with Crippen molar-refractivity contribution in [1.82, 2.24) is 0 Å². The van der Waals surface area contributed by atoms with E-state index in [2.05, 4.69) is 5.73 Å². The molecule has 0 saturated heterocycles. The van der Waals surface area contributed by atoms with Crippen molar-refractivity contribution in [1.29, 1.82) is 0 Å². The van der Waals surface area contributed by atoms with E-state index in [1.807, 2.05) is 6.07 Å². The number of rotatable bonds is 6. The van der Waals surface area contributed by atoms with Crippen LogP contribution in [0.4, 0.5) is 0 Å². The van der Waals surface area contributed by atoms with Crippen molar-refractivity contribution in [2.24, 2.45) is 0 Å². The minimum absolute atomic E-state index is 0.0193. The van der Waals surface area contributed by atoms with Crippen molar-refractivity contribution in [3.05, 3.63) is 23.8 Å². The van der Waals surface area contributed by atoms with Gasteiger partial charge in [-0.3, -0.25) is 0 Å². The van der Waals surface area contributed by atoms with E-state index >= 15 is 0 Å². The molecule has 0 aliphatic rings. The third kappa shape index (κ3) is 3.64. The van der Waals surface area contributed by atoms with Gasteiger partial charge in [-0.2, -0.15) is 0 Å². The molecule has 1 aromatic carbocycles. The van der Waals surface area contributed by atoms with Crippen LogP contribution in [0.1, 0.15) is 24.4 Å². The number of carboxylic acids is 1. The second-order valence-electron chi connectivity index (χ2n) is 3.72. The summed E-state index contributed by atoms with van der Waals surface area (Å²) in [7, 11) is 3.14. The molecule has 0 amide bonds. The Kier molecular flexibility index (Phi) is 4.78. The van der Waals surface area contributed by atoms with Gasteiger partial charge in [-0.05, 0) is 24.6 Å². The van der Waals surface area contributed by atoms with Gasteiger partial charge in [-0.15, -0.1) is 0 Å². The van der Waals surface area contributed by atoms with E-state index < -0.39 is 5.97 Å². The molecule has 0 saturated carbocycles. The summed E-state index contributed by atoms with van der Waals surface area (Å²) in [6, 6.07) is 5.21. The Labute approximate surface area is 100 Å². The second kappa shape index (κ2) is 6.10. The fourth-order valence-corrected chi connectivity index (χ4v) is 1.61. The maximum absolute atomic E-state index is 10.4. The predicted octanol–water partition coefficient (Wildman–Crippen LogP) is -0.483. The minimum atomic E-state index is -1.07. The van der Waals surface area contributed by atoms with Gasteiger partial charge in [0.1, 0.15) is 17.5 Å². The smallest absolute Gasteiger partial charge is 0.128 e. The monoisotopic (exact) mass is 239 g/mol. The molecule has 0 aromatic heterocycles. The zero-order valence-corrected chi connectivity index (χ0v) is 10.1. The van der Waals surface area contributed by atoms with Crippen molar-refractivity contribution in [2.75, 3.05) is 14.2 Å². The number of benzene rings is 1. The maximum Gasteiger partial charge on any atom is 0.128 e. The summed E-state index contributed by atoms with van der Waals surface area (Å²) in [4.78, 5) is 10.4. The highest BCUT2D eigenvalue weighted by Gasteiger charge is 2.16. The summed E-state index contributed by atoms with van der Waals surface area (Å²) in [6.07, 6.45) is 0.389. The molecule has 5 nitrogen and oxygen atoms in total. The molecule has 0 unspecified atom stereocenters. The normalized spacial score (nSPS) is 11.9. The average molecular weight is 239 g/mol. The predicted molar refractivity (Wildman–Crippen MR) is 59.4 cm³/mol. The largest absolute Gasteiger partial charge is 0.550 e. The van der Waals surface area contributed by atoms with Gasteiger partial charge >= 0.3 is 0 Å². The Bertz CT molecular complexity index is 392. The molecule has 0 radical (unpaired) electrons. The first-order valence-corrected chi connectivity index (χ1v) is 5.33. The standard InChI is InChI=1S/C12H17NO4/c1-16-8-3-5-11(17-2)9(7-8)10(13)4-6-12(14)15/h3,5,7,10H,4,6,13H2,1-2H3,(H,14,15)/t10-/m1/s1. The van der Waals surface area contributed by atoms with Crippen LogP contribution in [0.3, 0.4) is 0 Å². The highest BCUT2D eigenvalue weighted by molar-refractivity contribution is 5.64. The molecule has 5 heteroatoms. The molecule has 0 heterocycles. The van der Waals surface area contributed by atoms with Gasteiger partial charge in [0, 0.05) is 12.4 Å². The summed E-state index contributed by atoms with van der Waals surface area (Å²) in [6.45, 7) is 0. The zero-order valence-electron chi connectivity index (χ0n) is 10.1. The fraction of sp³-hybridized carbons (Fsp3) is 0.417. The van der Waals surface area contributed by atoms with Gasteiger partial charge in [-0.25, -0.2) is 0 Å². The molecule has 17 heavy (non-hydrogen) atoms. The van der Waals surface area contributed by atoms with Crippen molar-refractivity contribution < 1.29 is 25.1 Å². The van der Waals surface area contributed by atoms with E-state index in [4.69, 9.17) is 9.47 Å². The molecule has 0 bridgehead atoms. The van der Waals surface area contributed by atoms with Crippen LogP contribution in [0.25, 0.3) is 0 Å². The lowest BCUT2D eigenvalue weighted by Gasteiger charge is -2.14. The third-order valence-electron chi connectivity index (χ3n) is 2.57. The van der Waals surface area contributed by atoms with Gasteiger partial charge in [0.15, 0.2) is 0 Å². The lowest BCUT2D eigenvalue weighted by Crippen LogP contribution is -2.53. The number of hydrogen-bond acceptors (Lipinski definition) is 4. The van der Waals surface area contributed by atoms with Gasteiger partial charge in [-0.1, -0.05) is 0 Å². The number of hydrogen-bond donors (Lipinski definition) is 1. The Morgan fingerprint density at radius 2 is 2.12 bits per heavy atom. The topological polar surface area (TPSA) is 86.2 Å². The first kappa shape index (κ1) is 13.3. The number of carbonyl (C=O) groups excluding carboxylic acids is 1. The first-order valence-electron chi connectivity index (χ1n) is 5.33. The Morgan fingerprint density at radius 3 is 2.65 bits per heavy atom. The summed E-state index contributed by atoms with van der Waals surface area (Å²) < 4.78 is 10.3. The van der Waals surface area contributed by atoms with E-state index in [1.54, 1.807) is 26.4 Å². The summed E-state index contributed by atoms with van der Waals surface area (Å²) in [5.74, 6) is 0.313. The van der Waals surface area contributed by atoms with E-state index in [9.17, 15) is 9.90 Å². The quantitative estimate of drug-likeness (QED) is 0.726. The molecule has 0 aliphatic heterocycles. The summed E-state index contributed by atoms with van der Waals surface area (Å²) >= 11 is 0. The van der Waals surface area contributed by atoms with Gasteiger partial charge in [0.2, 0.25) is 0 Å². The highest BCUT2D eigenvalue weighted by Crippen LogP contribution is 2.29. The molecule has 1 aromatic rings. The molecular formula is C12H17NO4. The molecule has 94 valence electrons. The SMILES string of the molecule is COc1ccc(OC)c([C@H]([NH3+])CCC(=O)[O-])c1. The van der Waals surface area contributed by atoms with E-state index in [0.29, 0.717) is 17.9 Å². The average Bonchev–Trinajstić information content (AvgIpc) is 2.34. The molecule has 1 atom stereocenters. The van der Waals surface area contributed by atoms with Crippen LogP contribution in [-0.4, -0.2) is 20.2 Å². The number of aliphatic carboxylic acids is 1. The van der Waals surface area contributed by atoms with E-state index in [0.717, 1.165) is 5.56 Å². The Balaban J connectivity index is 2.88. The van der Waals surface area contributed by atoms with Crippen molar-refractivity contribution >= 4 is 5.97 Å². The number of quaternary nitrogens is 1. The first-order chi connectivity index (χ1) is 8.08. The molecule has 3 N–H and O–H groups in total. The lowest BCUT2D eigenvalue weighted by atomic mass is 10.0. The van der Waals surface area contributed by atoms with Crippen LogP contribution < -0.4 is 20.3 Å². The van der Waals surface area contributed by atoms with Crippen molar-refractivity contribution in [3.8, 4) is 11.5 Å². The fourth-order valence-electron chi connectivity index (χ4n) is 1.61. The van der Waals surface area contributed by atoms with Crippen molar-refractivity contribution in [3.63, 3.8) is 0 Å².